The molecule has 2 aliphatic rings. The number of hydrogen-bond acceptors (Lipinski definition) is 0. The summed E-state index contributed by atoms with van der Waals surface area (Å²) in [5.74, 6) is 0. The van der Waals surface area contributed by atoms with Crippen molar-refractivity contribution in [1.29, 1.82) is 0 Å². The molecule has 8 rings (SSSR count). The van der Waals surface area contributed by atoms with Gasteiger partial charge in [0, 0.05) is 0 Å². The molecule has 0 bridgehead atoms. The first-order valence-electron chi connectivity index (χ1n) is 21.4. The molecule has 0 radical (unpaired) electrons. The third kappa shape index (κ3) is 9.46. The van der Waals surface area contributed by atoms with E-state index in [9.17, 15) is 0 Å². The maximum Gasteiger partial charge on any atom is -0.147 e. The molecule has 0 amide bonds. The smallest absolute Gasteiger partial charge is 0.147 e. The average molecular weight is 909 g/mol. The Labute approximate surface area is 381 Å². The van der Waals surface area contributed by atoms with Gasteiger partial charge in [0.15, 0.2) is 0 Å². The fourth-order valence-corrected chi connectivity index (χ4v) is 18.5. The minimum absolute atomic E-state index is 0. The fraction of sp³-hybridized carbons (Fsp3) is 0.281. The Morgan fingerprint density at radius 2 is 1.05 bits per heavy atom. The zero-order valence-electron chi connectivity index (χ0n) is 37.3. The summed E-state index contributed by atoms with van der Waals surface area (Å²) in [6.07, 6.45) is 11.4. The summed E-state index contributed by atoms with van der Waals surface area (Å²) in [4.78, 5) is 0. The van der Waals surface area contributed by atoms with Crippen molar-refractivity contribution in [2.45, 2.75) is 106 Å². The standard InChI is InChI=1S/C37H41.C15H14.C5H5.2ClH.Zr/c1-22-11-23(2)14-26(13-22)32-18-28-17-29-19-33(27-15-24(3)12-25(4)16-27)35(37(8,9)10)21-31(29)30(28)20-34(32)36(5,6)7;1-3-8-14(9-4-1)12-7-13-15-10-5-2-6-11-15;1-2-4-5-3-1;;;/h11-16,18,20-21H,17H2,1-10H3;1-6,8-11H,12-13H2;1-3H,4H2;2*1H;. The van der Waals surface area contributed by atoms with Crippen LogP contribution in [0.1, 0.15) is 104 Å². The van der Waals surface area contributed by atoms with Crippen molar-refractivity contribution < 1.29 is 21.3 Å². The van der Waals surface area contributed by atoms with E-state index in [2.05, 4.69) is 203 Å². The van der Waals surface area contributed by atoms with E-state index < -0.39 is 21.3 Å². The molecule has 2 aliphatic carbocycles. The van der Waals surface area contributed by atoms with Gasteiger partial charge in [-0.3, -0.25) is 0 Å². The van der Waals surface area contributed by atoms with E-state index in [1.54, 1.807) is 15.3 Å². The normalized spacial score (nSPS) is 12.9. The SMILES string of the molecule is Cc1cc(C)cc(-c2cc3c(cc2C(C)(C)C)-c2cc(C(C)(C)C)c(-c4cc(C)cc(C)c4)[c]([Zr]([C]4=CC=CC4)=[C](Cc4ccccc4)Cc4ccccc4)c2C3)c1.Cl.Cl. The van der Waals surface area contributed by atoms with Gasteiger partial charge in [0.05, 0.1) is 0 Å². The van der Waals surface area contributed by atoms with E-state index in [1.807, 2.05) is 0 Å². The number of hydrogen-bond donors (Lipinski definition) is 0. The Morgan fingerprint density at radius 3 is 1.53 bits per heavy atom. The molecule has 308 valence electrons. The van der Waals surface area contributed by atoms with Gasteiger partial charge in [0.25, 0.3) is 0 Å². The van der Waals surface area contributed by atoms with Crippen molar-refractivity contribution in [2.75, 3.05) is 0 Å². The van der Waals surface area contributed by atoms with Crippen molar-refractivity contribution in [3.63, 3.8) is 0 Å². The van der Waals surface area contributed by atoms with E-state index in [-0.39, 0.29) is 35.6 Å². The molecule has 0 saturated carbocycles. The largest absolute Gasteiger partial charge is 0.147 e. The van der Waals surface area contributed by atoms with E-state index in [1.165, 1.54) is 83.5 Å². The molecule has 0 aliphatic heterocycles. The van der Waals surface area contributed by atoms with Gasteiger partial charge in [-0.15, -0.1) is 24.8 Å². The maximum atomic E-state index is 2.65. The summed E-state index contributed by atoms with van der Waals surface area (Å²) in [6, 6.07) is 44.9. The fourth-order valence-electron chi connectivity index (χ4n) is 9.78. The molecule has 0 N–H and O–H groups in total. The minimum Gasteiger partial charge on any atom is -0.147 e. The van der Waals surface area contributed by atoms with Gasteiger partial charge in [0.1, 0.15) is 0 Å². The maximum absolute atomic E-state index is 2.93. The van der Waals surface area contributed by atoms with Crippen LogP contribution in [-0.4, -0.2) is 3.21 Å². The van der Waals surface area contributed by atoms with Gasteiger partial charge in [-0.25, -0.2) is 0 Å². The van der Waals surface area contributed by atoms with Gasteiger partial charge in [0.2, 0.25) is 0 Å². The van der Waals surface area contributed by atoms with Gasteiger partial charge >= 0.3 is 359 Å². The first-order valence-corrected chi connectivity index (χ1v) is 25.0. The second kappa shape index (κ2) is 18.2. The number of halogens is 2. The summed E-state index contributed by atoms with van der Waals surface area (Å²) < 4.78 is 5.18. The van der Waals surface area contributed by atoms with Crippen LogP contribution in [0.4, 0.5) is 0 Å². The van der Waals surface area contributed by atoms with Crippen LogP contribution in [0.3, 0.4) is 0 Å². The zero-order valence-corrected chi connectivity index (χ0v) is 41.4. The summed E-state index contributed by atoms with van der Waals surface area (Å²) in [5.41, 5.74) is 22.6. The third-order valence-electron chi connectivity index (χ3n) is 12.2. The topological polar surface area (TPSA) is 0 Å². The minimum atomic E-state index is -2.93. The van der Waals surface area contributed by atoms with Crippen molar-refractivity contribution in [3.8, 4) is 33.4 Å². The van der Waals surface area contributed by atoms with Crippen LogP contribution in [0.25, 0.3) is 33.4 Å². The Kier molecular flexibility index (Phi) is 13.9. The molecule has 60 heavy (non-hydrogen) atoms. The first kappa shape index (κ1) is 45.7. The monoisotopic (exact) mass is 906 g/mol. The second-order valence-corrected chi connectivity index (χ2v) is 25.7. The number of fused-ring (bicyclic) bond motifs is 3. The quantitative estimate of drug-likeness (QED) is 0.143. The van der Waals surface area contributed by atoms with Crippen LogP contribution < -0.4 is 3.27 Å². The van der Waals surface area contributed by atoms with E-state index in [0.29, 0.717) is 0 Å². The predicted molar refractivity (Wildman–Crippen MR) is 263 cm³/mol. The van der Waals surface area contributed by atoms with Crippen LogP contribution in [0.15, 0.2) is 137 Å². The number of rotatable bonds is 8. The average Bonchev–Trinajstić information content (AvgIpc) is 3.82. The molecule has 0 fully saturated rings. The van der Waals surface area contributed by atoms with Gasteiger partial charge in [-0.1, -0.05) is 0 Å². The molecule has 0 spiro atoms. The van der Waals surface area contributed by atoms with Gasteiger partial charge < -0.3 is 0 Å². The van der Waals surface area contributed by atoms with Crippen LogP contribution >= 0.6 is 24.8 Å². The van der Waals surface area contributed by atoms with Gasteiger partial charge in [-0.2, -0.15) is 0 Å². The molecule has 6 aromatic carbocycles. The molecule has 0 atom stereocenters. The summed E-state index contributed by atoms with van der Waals surface area (Å²) in [7, 11) is 0. The van der Waals surface area contributed by atoms with Crippen molar-refractivity contribution >= 4 is 31.3 Å². The number of allylic oxidation sites excluding steroid dienone is 4. The van der Waals surface area contributed by atoms with Crippen LogP contribution in [0.5, 0.6) is 0 Å². The summed E-state index contributed by atoms with van der Waals surface area (Å²) >= 11 is -2.93. The molecule has 6 aromatic rings. The zero-order chi connectivity index (χ0) is 40.9. The second-order valence-electron chi connectivity index (χ2n) is 19.3. The van der Waals surface area contributed by atoms with Crippen molar-refractivity contribution in [2.24, 2.45) is 0 Å². The Hall–Kier alpha value is -3.87. The number of benzene rings is 6. The third-order valence-corrected chi connectivity index (χ3v) is 19.9. The molecule has 0 nitrogen and oxygen atoms in total. The molecule has 3 heteroatoms. The van der Waals surface area contributed by atoms with E-state index in [4.69, 9.17) is 0 Å². The Morgan fingerprint density at radius 1 is 0.550 bits per heavy atom. The van der Waals surface area contributed by atoms with Crippen molar-refractivity contribution in [1.82, 2.24) is 0 Å². The predicted octanol–water partition coefficient (Wildman–Crippen LogP) is 15.0. The van der Waals surface area contributed by atoms with Crippen LogP contribution in [0, 0.1) is 27.7 Å². The van der Waals surface area contributed by atoms with Crippen molar-refractivity contribution in [3.05, 3.63) is 192 Å². The Bertz CT molecular complexity index is 2560. The molecule has 0 saturated heterocycles. The number of aryl methyl sites for hydroxylation is 4. The molecule has 0 aromatic heterocycles. The molecular weight excluding hydrogens is 847 g/mol. The summed E-state index contributed by atoms with van der Waals surface area (Å²) in [6.45, 7) is 23.6. The summed E-state index contributed by atoms with van der Waals surface area (Å²) in [5, 5.41) is 0. The van der Waals surface area contributed by atoms with Crippen LogP contribution in [0.2, 0.25) is 0 Å². The van der Waals surface area contributed by atoms with E-state index in [0.717, 1.165) is 25.7 Å². The molecular formula is C57H62Cl2Zr. The molecule has 0 unspecified atom stereocenters. The molecule has 0 heterocycles. The first-order chi connectivity index (χ1) is 27.6. The van der Waals surface area contributed by atoms with E-state index >= 15 is 0 Å². The van der Waals surface area contributed by atoms with Crippen LogP contribution in [-0.2, 0) is 51.4 Å². The van der Waals surface area contributed by atoms with Gasteiger partial charge in [-0.05, 0) is 0 Å². The Balaban J connectivity index is 0.00000302.